The van der Waals surface area contributed by atoms with Crippen LogP contribution in [0.15, 0.2) is 35.3 Å². The summed E-state index contributed by atoms with van der Waals surface area (Å²) in [5.41, 5.74) is 0.728. The lowest BCUT2D eigenvalue weighted by atomic mass is 9.75. The lowest BCUT2D eigenvalue weighted by Crippen LogP contribution is -2.40. The summed E-state index contributed by atoms with van der Waals surface area (Å²) in [4.78, 5) is 22.6. The number of carbonyl (C=O) groups excluding carboxylic acids is 1. The average molecular weight is 354 g/mol. The van der Waals surface area contributed by atoms with E-state index in [0.717, 1.165) is 56.5 Å². The second kappa shape index (κ2) is 5.98. The van der Waals surface area contributed by atoms with E-state index in [2.05, 4.69) is 21.0 Å². The van der Waals surface area contributed by atoms with Crippen molar-refractivity contribution in [3.8, 4) is 0 Å². The first-order valence-corrected chi connectivity index (χ1v) is 9.66. The van der Waals surface area contributed by atoms with Gasteiger partial charge >= 0.3 is 0 Å². The van der Waals surface area contributed by atoms with Crippen LogP contribution in [0.4, 0.5) is 0 Å². The molecule has 0 aromatic carbocycles. The van der Waals surface area contributed by atoms with Crippen molar-refractivity contribution in [1.29, 1.82) is 0 Å². The molecule has 5 rings (SSSR count). The third-order valence-corrected chi connectivity index (χ3v) is 6.37. The van der Waals surface area contributed by atoms with Crippen LogP contribution in [0, 0.1) is 11.3 Å². The van der Waals surface area contributed by atoms with E-state index in [1.165, 1.54) is 12.8 Å². The second-order valence-electron chi connectivity index (χ2n) is 8.37. The molecule has 2 saturated heterocycles. The van der Waals surface area contributed by atoms with Gasteiger partial charge in [0.25, 0.3) is 0 Å². The van der Waals surface area contributed by atoms with Crippen molar-refractivity contribution in [1.82, 2.24) is 19.4 Å². The van der Waals surface area contributed by atoms with Gasteiger partial charge in [-0.2, -0.15) is 0 Å². The highest BCUT2D eigenvalue weighted by Crippen LogP contribution is 2.50. The minimum atomic E-state index is -0.324. The Hall–Kier alpha value is -2.08. The molecular formula is C20H26N4O2. The van der Waals surface area contributed by atoms with Gasteiger partial charge in [-0.1, -0.05) is 0 Å². The molecule has 2 aliphatic heterocycles. The second-order valence-corrected chi connectivity index (χ2v) is 8.37. The Balaban J connectivity index is 1.43. The molecule has 3 fully saturated rings. The molecule has 0 N–H and O–H groups in total. The number of aromatic nitrogens is 2. The topological polar surface area (TPSA) is 54.5 Å². The molecule has 0 unspecified atom stereocenters. The van der Waals surface area contributed by atoms with Crippen LogP contribution in [0.5, 0.6) is 0 Å². The first-order valence-electron chi connectivity index (χ1n) is 9.66. The van der Waals surface area contributed by atoms with Crippen LogP contribution in [0.1, 0.15) is 36.6 Å². The van der Waals surface area contributed by atoms with Crippen molar-refractivity contribution in [3.05, 3.63) is 42.4 Å². The van der Waals surface area contributed by atoms with Crippen LogP contribution >= 0.6 is 0 Å². The first kappa shape index (κ1) is 16.1. The number of amides is 1. The molecule has 6 heteroatoms. The quantitative estimate of drug-likeness (QED) is 0.826. The van der Waals surface area contributed by atoms with E-state index in [0.29, 0.717) is 5.91 Å². The van der Waals surface area contributed by atoms with Crippen LogP contribution in [0.2, 0.25) is 0 Å². The van der Waals surface area contributed by atoms with E-state index in [4.69, 9.17) is 4.42 Å². The summed E-state index contributed by atoms with van der Waals surface area (Å²) in [6.45, 7) is 4.27. The summed E-state index contributed by atoms with van der Waals surface area (Å²) < 4.78 is 7.53. The highest BCUT2D eigenvalue weighted by molar-refractivity contribution is 5.86. The fraction of sp³-hybridized carbons (Fsp3) is 0.600. The summed E-state index contributed by atoms with van der Waals surface area (Å²) in [6, 6.07) is 3.94. The molecule has 2 atom stereocenters. The summed E-state index contributed by atoms with van der Waals surface area (Å²) in [5.74, 6) is 2.21. The Kier molecular flexibility index (Phi) is 3.71. The predicted octanol–water partition coefficient (Wildman–Crippen LogP) is 2.24. The van der Waals surface area contributed by atoms with Crippen LogP contribution in [-0.4, -0.2) is 51.4 Å². The Morgan fingerprint density at radius 3 is 2.96 bits per heavy atom. The molecule has 4 heterocycles. The van der Waals surface area contributed by atoms with Gasteiger partial charge in [-0.15, -0.1) is 0 Å². The summed E-state index contributed by atoms with van der Waals surface area (Å²) in [7, 11) is 1.99. The number of aryl methyl sites for hydroxylation is 1. The number of rotatable bonds is 5. The summed E-state index contributed by atoms with van der Waals surface area (Å²) in [6.07, 6.45) is 9.15. The molecule has 1 spiro atoms. The lowest BCUT2D eigenvalue weighted by Gasteiger charge is -2.28. The molecule has 3 aliphatic rings. The van der Waals surface area contributed by atoms with E-state index in [9.17, 15) is 4.79 Å². The molecule has 2 aromatic rings. The van der Waals surface area contributed by atoms with Crippen molar-refractivity contribution >= 4 is 5.91 Å². The number of likely N-dealkylation sites (tertiary alicyclic amines) is 2. The summed E-state index contributed by atoms with van der Waals surface area (Å²) in [5, 5.41) is 0. The van der Waals surface area contributed by atoms with E-state index >= 15 is 0 Å². The van der Waals surface area contributed by atoms with E-state index in [1.54, 1.807) is 6.26 Å². The summed E-state index contributed by atoms with van der Waals surface area (Å²) >= 11 is 0. The molecule has 1 aliphatic carbocycles. The largest absolute Gasteiger partial charge is 0.468 e. The average Bonchev–Trinajstić information content (AvgIpc) is 2.98. The van der Waals surface area contributed by atoms with Gasteiger partial charge in [0, 0.05) is 45.3 Å². The van der Waals surface area contributed by atoms with Gasteiger partial charge in [0.15, 0.2) is 0 Å². The molecule has 138 valence electrons. The minimum absolute atomic E-state index is 0.162. The molecule has 26 heavy (non-hydrogen) atoms. The zero-order valence-corrected chi connectivity index (χ0v) is 15.3. The Bertz CT molecular complexity index is 795. The number of hydrogen-bond donors (Lipinski definition) is 0. The van der Waals surface area contributed by atoms with E-state index in [1.807, 2.05) is 30.1 Å². The molecule has 2 aromatic heterocycles. The molecule has 0 bridgehead atoms. The number of imidazole rings is 1. The highest BCUT2D eigenvalue weighted by atomic mass is 16.3. The van der Waals surface area contributed by atoms with Gasteiger partial charge in [0.05, 0.1) is 30.2 Å². The molecule has 1 saturated carbocycles. The zero-order chi connectivity index (χ0) is 17.7. The Morgan fingerprint density at radius 2 is 2.27 bits per heavy atom. The number of furan rings is 1. The fourth-order valence-electron chi connectivity index (χ4n) is 4.85. The normalized spacial score (nSPS) is 29.3. The van der Waals surface area contributed by atoms with Crippen molar-refractivity contribution in [2.75, 3.05) is 26.2 Å². The van der Waals surface area contributed by atoms with Gasteiger partial charge in [-0.3, -0.25) is 9.69 Å². The smallest absolute Gasteiger partial charge is 0.230 e. The maximum absolute atomic E-state index is 13.5. The van der Waals surface area contributed by atoms with Crippen LogP contribution in [-0.2, 0) is 18.4 Å². The van der Waals surface area contributed by atoms with Gasteiger partial charge in [0.2, 0.25) is 5.91 Å². The Morgan fingerprint density at radius 1 is 1.38 bits per heavy atom. The maximum Gasteiger partial charge on any atom is 0.230 e. The van der Waals surface area contributed by atoms with Gasteiger partial charge < -0.3 is 13.9 Å². The molecule has 6 nitrogen and oxygen atoms in total. The third-order valence-electron chi connectivity index (χ3n) is 6.37. The number of hydrogen-bond acceptors (Lipinski definition) is 4. The zero-order valence-electron chi connectivity index (χ0n) is 15.3. The number of carbonyl (C=O) groups is 1. The van der Waals surface area contributed by atoms with E-state index in [-0.39, 0.29) is 11.3 Å². The lowest BCUT2D eigenvalue weighted by molar-refractivity contribution is -0.136. The standard InChI is InChI=1S/C20H26N4O2/c1-22-12-18(21-14-22)17-11-23(10-16-3-2-8-26-16)13-20(17)6-7-24(19(20)25)9-15-4-5-15/h2-3,8,12,14-15,17H,4-7,9-11,13H2,1H3/t17-,20+/m0/s1. The molecule has 1 amide bonds. The Labute approximate surface area is 153 Å². The van der Waals surface area contributed by atoms with Crippen LogP contribution < -0.4 is 0 Å². The predicted molar refractivity (Wildman–Crippen MR) is 96.3 cm³/mol. The molecular weight excluding hydrogens is 328 g/mol. The SMILES string of the molecule is Cn1cnc([C@@H]2CN(Cc3ccco3)C[C@]23CCN(CC2CC2)C3=O)c1. The number of nitrogens with zero attached hydrogens (tertiary/aromatic N) is 4. The highest BCUT2D eigenvalue weighted by Gasteiger charge is 2.58. The van der Waals surface area contributed by atoms with Crippen LogP contribution in [0.3, 0.4) is 0 Å². The third kappa shape index (κ3) is 2.67. The first-order chi connectivity index (χ1) is 12.6. The molecule has 0 radical (unpaired) electrons. The van der Waals surface area contributed by atoms with Gasteiger partial charge in [0.1, 0.15) is 5.76 Å². The van der Waals surface area contributed by atoms with Crippen molar-refractivity contribution in [3.63, 3.8) is 0 Å². The monoisotopic (exact) mass is 354 g/mol. The van der Waals surface area contributed by atoms with Crippen molar-refractivity contribution in [2.45, 2.75) is 31.7 Å². The van der Waals surface area contributed by atoms with Crippen molar-refractivity contribution in [2.24, 2.45) is 18.4 Å². The van der Waals surface area contributed by atoms with E-state index < -0.39 is 0 Å². The fourth-order valence-corrected chi connectivity index (χ4v) is 4.85. The maximum atomic E-state index is 13.5. The van der Waals surface area contributed by atoms with Gasteiger partial charge in [-0.25, -0.2) is 4.98 Å². The van der Waals surface area contributed by atoms with Crippen molar-refractivity contribution < 1.29 is 9.21 Å². The van der Waals surface area contributed by atoms with Gasteiger partial charge in [-0.05, 0) is 37.3 Å². The minimum Gasteiger partial charge on any atom is -0.468 e. The van der Waals surface area contributed by atoms with Crippen LogP contribution in [0.25, 0.3) is 0 Å².